The van der Waals surface area contributed by atoms with Crippen LogP contribution in [-0.4, -0.2) is 103 Å². The largest absolute Gasteiger partial charge is 0.243 e. The van der Waals surface area contributed by atoms with Crippen LogP contribution in [0, 0.1) is 39.5 Å². The number of nitrogens with zero attached hydrogens (tertiary/aromatic N) is 4. The van der Waals surface area contributed by atoms with E-state index >= 15 is 0 Å². The zero-order valence-corrected chi connectivity index (χ0v) is 40.4. The molecule has 0 spiro atoms. The predicted octanol–water partition coefficient (Wildman–Crippen LogP) is 7.75. The molecule has 0 aromatic heterocycles. The number of aryl methyl sites for hydroxylation is 4. The summed E-state index contributed by atoms with van der Waals surface area (Å²) in [6, 6.07) is 26.9. The first kappa shape index (κ1) is 49.0. The summed E-state index contributed by atoms with van der Waals surface area (Å²) >= 11 is 0. The molecule has 2 saturated carbocycles. The van der Waals surface area contributed by atoms with Gasteiger partial charge in [-0.1, -0.05) is 70.8 Å². The smallest absolute Gasteiger partial charge is 0.207 e. The molecule has 344 valence electrons. The highest BCUT2D eigenvalue weighted by Gasteiger charge is 2.34. The number of benzene rings is 4. The summed E-state index contributed by atoms with van der Waals surface area (Å²) in [4.78, 5) is 0.743. The van der Waals surface area contributed by atoms with Crippen LogP contribution in [-0.2, 0) is 40.1 Å². The van der Waals surface area contributed by atoms with Crippen LogP contribution < -0.4 is 0 Å². The summed E-state index contributed by atoms with van der Waals surface area (Å²) in [5, 5.41) is 0. The lowest BCUT2D eigenvalue weighted by molar-refractivity contribution is 0.333. The van der Waals surface area contributed by atoms with Crippen LogP contribution in [0.15, 0.2) is 117 Å². The van der Waals surface area contributed by atoms with Gasteiger partial charge < -0.3 is 0 Å². The van der Waals surface area contributed by atoms with Crippen LogP contribution in [0.4, 0.5) is 0 Å². The Morgan fingerprint density at radius 1 is 0.333 bits per heavy atom. The SMILES string of the molecule is Cc1ccc(S(=O)(=O)N(CCCCN(CC2CC2)S(=O)(=O)c2ccc(C)cc2)CCCN(CCCCN(CC2CC2)S(=O)(=O)c2ccc(C)cc2)S(=O)(=O)c2ccc(C)cc2)cc1. The van der Waals surface area contributed by atoms with Gasteiger partial charge in [-0.25, -0.2) is 33.7 Å². The van der Waals surface area contributed by atoms with Crippen molar-refractivity contribution in [2.75, 3.05) is 52.4 Å². The summed E-state index contributed by atoms with van der Waals surface area (Å²) in [6.07, 6.45) is 5.77. The Labute approximate surface area is 377 Å². The lowest BCUT2D eigenvalue weighted by Gasteiger charge is -2.27. The van der Waals surface area contributed by atoms with Crippen molar-refractivity contribution in [3.8, 4) is 0 Å². The van der Waals surface area contributed by atoms with Gasteiger partial charge in [-0.3, -0.25) is 0 Å². The first-order valence-corrected chi connectivity index (χ1v) is 27.9. The quantitative estimate of drug-likeness (QED) is 0.0581. The van der Waals surface area contributed by atoms with Gasteiger partial charge >= 0.3 is 0 Å². The van der Waals surface area contributed by atoms with Crippen LogP contribution >= 0.6 is 0 Å². The van der Waals surface area contributed by atoms with E-state index in [4.69, 9.17) is 0 Å². The van der Waals surface area contributed by atoms with Gasteiger partial charge in [0.2, 0.25) is 40.1 Å². The zero-order valence-electron chi connectivity index (χ0n) is 37.1. The Morgan fingerprint density at radius 3 is 0.778 bits per heavy atom. The van der Waals surface area contributed by atoms with Gasteiger partial charge in [-0.05, 0) is 146 Å². The normalized spacial score (nSPS) is 15.2. The molecule has 0 atom stereocenters. The lowest BCUT2D eigenvalue weighted by Crippen LogP contribution is -2.38. The predicted molar refractivity (Wildman–Crippen MR) is 248 cm³/mol. The average Bonchev–Trinajstić information content (AvgIpc) is 4.19. The van der Waals surface area contributed by atoms with E-state index < -0.39 is 40.1 Å². The zero-order chi connectivity index (χ0) is 45.4. The minimum Gasteiger partial charge on any atom is -0.207 e. The van der Waals surface area contributed by atoms with Crippen LogP contribution in [0.1, 0.15) is 80.0 Å². The molecule has 6 rings (SSSR count). The molecule has 0 unspecified atom stereocenters. The van der Waals surface area contributed by atoms with E-state index in [0.717, 1.165) is 47.9 Å². The third kappa shape index (κ3) is 13.3. The molecule has 0 N–H and O–H groups in total. The summed E-state index contributed by atoms with van der Waals surface area (Å²) in [7, 11) is -15.5. The molecule has 16 heteroatoms. The van der Waals surface area contributed by atoms with E-state index in [0.29, 0.717) is 50.6 Å². The van der Waals surface area contributed by atoms with E-state index in [-0.39, 0.29) is 65.3 Å². The monoisotopic (exact) mass is 940 g/mol. The number of hydrogen-bond acceptors (Lipinski definition) is 8. The molecule has 4 aromatic carbocycles. The first-order chi connectivity index (χ1) is 29.9. The molecule has 63 heavy (non-hydrogen) atoms. The van der Waals surface area contributed by atoms with Crippen molar-refractivity contribution in [3.05, 3.63) is 119 Å². The average molecular weight is 941 g/mol. The standard InChI is InChI=1S/C47H64N4O8S4/c1-38-10-22-44(23-11-38)60(52,53)48(30-5-7-32-50(36-42-18-19-42)62(56,57)46-26-14-40(3)15-27-46)34-9-35-49(61(54,55)45-24-12-39(2)13-25-45)31-6-8-33-51(37-43-20-21-43)63(58,59)47-28-16-41(4)17-29-47/h10-17,22-29,42-43H,5-9,18-21,30-37H2,1-4H3. The molecule has 12 nitrogen and oxygen atoms in total. The molecule has 0 saturated heterocycles. The van der Waals surface area contributed by atoms with Crippen LogP contribution in [0.25, 0.3) is 0 Å². The van der Waals surface area contributed by atoms with Gasteiger partial charge in [-0.15, -0.1) is 0 Å². The molecular weight excluding hydrogens is 877 g/mol. The molecule has 0 bridgehead atoms. The van der Waals surface area contributed by atoms with Crippen molar-refractivity contribution >= 4 is 40.1 Å². The van der Waals surface area contributed by atoms with Gasteiger partial charge in [0.25, 0.3) is 0 Å². The van der Waals surface area contributed by atoms with E-state index in [1.54, 1.807) is 97.1 Å². The van der Waals surface area contributed by atoms with Crippen molar-refractivity contribution < 1.29 is 33.7 Å². The Morgan fingerprint density at radius 2 is 0.540 bits per heavy atom. The van der Waals surface area contributed by atoms with Crippen molar-refractivity contribution in [2.45, 2.75) is 105 Å². The summed E-state index contributed by atoms with van der Waals surface area (Å²) < 4.78 is 118. The Hall–Kier alpha value is -3.48. The molecular formula is C47H64N4O8S4. The third-order valence-corrected chi connectivity index (χ3v) is 19.5. The van der Waals surface area contributed by atoms with E-state index in [2.05, 4.69) is 0 Å². The third-order valence-electron chi connectivity index (χ3n) is 11.9. The summed E-state index contributed by atoms with van der Waals surface area (Å²) in [6.45, 7) is 9.23. The molecule has 0 radical (unpaired) electrons. The second kappa shape index (κ2) is 21.2. The minimum absolute atomic E-state index is 0.0353. The molecule has 0 amide bonds. The van der Waals surface area contributed by atoms with Crippen molar-refractivity contribution in [3.63, 3.8) is 0 Å². The number of sulfonamides is 4. The fourth-order valence-electron chi connectivity index (χ4n) is 7.51. The van der Waals surface area contributed by atoms with E-state index in [1.165, 1.54) is 17.2 Å². The highest BCUT2D eigenvalue weighted by molar-refractivity contribution is 7.90. The van der Waals surface area contributed by atoms with Crippen LogP contribution in [0.3, 0.4) is 0 Å². The number of unbranched alkanes of at least 4 members (excludes halogenated alkanes) is 2. The highest BCUT2D eigenvalue weighted by Crippen LogP contribution is 2.33. The van der Waals surface area contributed by atoms with Gasteiger partial charge in [0, 0.05) is 52.4 Å². The Kier molecular flexibility index (Phi) is 16.5. The molecule has 0 heterocycles. The Bertz CT molecular complexity index is 2380. The highest BCUT2D eigenvalue weighted by atomic mass is 32.2. The van der Waals surface area contributed by atoms with Crippen molar-refractivity contribution in [1.29, 1.82) is 0 Å². The van der Waals surface area contributed by atoms with E-state index in [1.807, 2.05) is 27.7 Å². The first-order valence-electron chi connectivity index (χ1n) is 22.1. The molecule has 2 fully saturated rings. The second-order valence-corrected chi connectivity index (χ2v) is 25.2. The van der Waals surface area contributed by atoms with Crippen LogP contribution in [0.2, 0.25) is 0 Å². The molecule has 4 aromatic rings. The molecule has 2 aliphatic rings. The van der Waals surface area contributed by atoms with Crippen LogP contribution in [0.5, 0.6) is 0 Å². The van der Waals surface area contributed by atoms with Crippen molar-refractivity contribution in [1.82, 2.24) is 17.2 Å². The van der Waals surface area contributed by atoms with Crippen molar-refractivity contribution in [2.24, 2.45) is 11.8 Å². The number of hydrogen-bond donors (Lipinski definition) is 0. The van der Waals surface area contributed by atoms with E-state index in [9.17, 15) is 33.7 Å². The maximum Gasteiger partial charge on any atom is 0.243 e. The second-order valence-electron chi connectivity index (χ2n) is 17.4. The maximum absolute atomic E-state index is 14.2. The van der Waals surface area contributed by atoms with Gasteiger partial charge in [-0.2, -0.15) is 17.2 Å². The Balaban J connectivity index is 1.15. The van der Waals surface area contributed by atoms with Gasteiger partial charge in [0.05, 0.1) is 19.6 Å². The molecule has 2 aliphatic carbocycles. The fraction of sp³-hybridized carbons (Fsp3) is 0.489. The number of rotatable bonds is 26. The fourth-order valence-corrected chi connectivity index (χ4v) is 13.7. The summed E-state index contributed by atoms with van der Waals surface area (Å²) in [5.74, 6) is 0.632. The van der Waals surface area contributed by atoms with Gasteiger partial charge in [0.15, 0.2) is 0 Å². The lowest BCUT2D eigenvalue weighted by atomic mass is 10.2. The summed E-state index contributed by atoms with van der Waals surface area (Å²) in [5.41, 5.74) is 3.75. The van der Waals surface area contributed by atoms with Gasteiger partial charge in [0.1, 0.15) is 0 Å². The topological polar surface area (TPSA) is 150 Å². The minimum atomic E-state index is -4.00. The molecule has 0 aliphatic heterocycles. The maximum atomic E-state index is 14.2.